The predicted molar refractivity (Wildman–Crippen MR) is 83.6 cm³/mol. The molecule has 1 aliphatic rings. The molecule has 1 amide bonds. The molecule has 1 aromatic carbocycles. The Bertz CT molecular complexity index is 442. The van der Waals surface area contributed by atoms with Crippen molar-refractivity contribution in [3.8, 4) is 0 Å². The van der Waals surface area contributed by atoms with Crippen LogP contribution in [0.4, 0.5) is 4.79 Å². The van der Waals surface area contributed by atoms with E-state index in [1.807, 2.05) is 24.0 Å². The normalized spacial score (nSPS) is 16.0. The second-order valence-electron chi connectivity index (χ2n) is 5.42. The summed E-state index contributed by atoms with van der Waals surface area (Å²) >= 11 is 5.88. The molecule has 116 valence electrons. The van der Waals surface area contributed by atoms with Crippen LogP contribution in [0, 0.1) is 0 Å². The van der Waals surface area contributed by atoms with Crippen LogP contribution in [0.5, 0.6) is 0 Å². The fourth-order valence-electron chi connectivity index (χ4n) is 2.67. The smallest absolute Gasteiger partial charge is 0.409 e. The lowest BCUT2D eigenvalue weighted by atomic mass is 10.0. The molecule has 0 bridgehead atoms. The maximum Gasteiger partial charge on any atom is 0.409 e. The van der Waals surface area contributed by atoms with Gasteiger partial charge in [-0.15, -0.1) is 0 Å². The molecular formula is C16H24ClN2O2+. The van der Waals surface area contributed by atoms with Crippen LogP contribution in [0.15, 0.2) is 24.3 Å². The lowest BCUT2D eigenvalue weighted by Crippen LogP contribution is -2.91. The summed E-state index contributed by atoms with van der Waals surface area (Å²) in [4.78, 5) is 13.4. The van der Waals surface area contributed by atoms with Crippen LogP contribution in [0.2, 0.25) is 5.02 Å². The Morgan fingerprint density at radius 1 is 1.33 bits per heavy atom. The molecule has 2 rings (SSSR count). The summed E-state index contributed by atoms with van der Waals surface area (Å²) in [6.07, 6.45) is 2.96. The van der Waals surface area contributed by atoms with E-state index in [1.165, 1.54) is 5.56 Å². The lowest BCUT2D eigenvalue weighted by molar-refractivity contribution is -0.691. The van der Waals surface area contributed by atoms with E-state index in [9.17, 15) is 4.79 Å². The summed E-state index contributed by atoms with van der Waals surface area (Å²) in [7, 11) is 0. The number of carbonyl (C=O) groups excluding carboxylic acids is 1. The van der Waals surface area contributed by atoms with E-state index < -0.39 is 0 Å². The average Bonchev–Trinajstić information content (AvgIpc) is 2.50. The lowest BCUT2D eigenvalue weighted by Gasteiger charge is -2.29. The third-order valence-corrected chi connectivity index (χ3v) is 4.16. The molecule has 5 heteroatoms. The fraction of sp³-hybridized carbons (Fsp3) is 0.562. The molecule has 0 unspecified atom stereocenters. The number of piperidine rings is 1. The van der Waals surface area contributed by atoms with Crippen molar-refractivity contribution in [3.05, 3.63) is 34.9 Å². The SMILES string of the molecule is CCOC(=O)N1CCC([NH2+]CCc2ccc(Cl)cc2)CC1. The highest BCUT2D eigenvalue weighted by atomic mass is 35.5. The van der Waals surface area contributed by atoms with Crippen LogP contribution in [-0.2, 0) is 11.2 Å². The first kappa shape index (κ1) is 16.1. The third kappa shape index (κ3) is 5.21. The molecule has 0 spiro atoms. The van der Waals surface area contributed by atoms with Crippen molar-refractivity contribution < 1.29 is 14.8 Å². The van der Waals surface area contributed by atoms with Gasteiger partial charge in [-0.2, -0.15) is 0 Å². The molecule has 0 aliphatic carbocycles. The Kier molecular flexibility index (Phi) is 6.33. The number of halogens is 1. The number of hydrogen-bond acceptors (Lipinski definition) is 2. The van der Waals surface area contributed by atoms with Crippen molar-refractivity contribution in [2.24, 2.45) is 0 Å². The van der Waals surface area contributed by atoms with Gasteiger partial charge >= 0.3 is 6.09 Å². The van der Waals surface area contributed by atoms with E-state index in [1.54, 1.807) is 0 Å². The van der Waals surface area contributed by atoms with Gasteiger partial charge in [0.15, 0.2) is 0 Å². The highest BCUT2D eigenvalue weighted by Crippen LogP contribution is 2.10. The number of likely N-dealkylation sites (tertiary alicyclic amines) is 1. The van der Waals surface area contributed by atoms with Crippen molar-refractivity contribution >= 4 is 17.7 Å². The second-order valence-corrected chi connectivity index (χ2v) is 5.86. The minimum atomic E-state index is -0.169. The maximum atomic E-state index is 11.6. The zero-order valence-corrected chi connectivity index (χ0v) is 13.3. The molecule has 0 saturated carbocycles. The van der Waals surface area contributed by atoms with Gasteiger partial charge in [0, 0.05) is 37.4 Å². The molecule has 1 aromatic rings. The van der Waals surface area contributed by atoms with Crippen LogP contribution in [-0.4, -0.2) is 43.3 Å². The number of ether oxygens (including phenoxy) is 1. The van der Waals surface area contributed by atoms with Crippen molar-refractivity contribution in [3.63, 3.8) is 0 Å². The van der Waals surface area contributed by atoms with Gasteiger partial charge < -0.3 is 15.0 Å². The minimum Gasteiger partial charge on any atom is -0.450 e. The number of amides is 1. The number of hydrogen-bond donors (Lipinski definition) is 1. The van der Waals surface area contributed by atoms with Crippen molar-refractivity contribution in [2.45, 2.75) is 32.2 Å². The van der Waals surface area contributed by atoms with Gasteiger partial charge in [-0.05, 0) is 24.6 Å². The number of carbonyl (C=O) groups is 1. The quantitative estimate of drug-likeness (QED) is 0.905. The van der Waals surface area contributed by atoms with E-state index in [0.29, 0.717) is 12.6 Å². The van der Waals surface area contributed by atoms with Crippen LogP contribution in [0.3, 0.4) is 0 Å². The Balaban J connectivity index is 1.65. The van der Waals surface area contributed by atoms with Crippen LogP contribution in [0.1, 0.15) is 25.3 Å². The molecular weight excluding hydrogens is 288 g/mol. The average molecular weight is 312 g/mol. The first-order chi connectivity index (χ1) is 10.2. The van der Waals surface area contributed by atoms with Crippen molar-refractivity contribution in [1.29, 1.82) is 0 Å². The van der Waals surface area contributed by atoms with Crippen molar-refractivity contribution in [1.82, 2.24) is 4.90 Å². The van der Waals surface area contributed by atoms with Gasteiger partial charge in [0.2, 0.25) is 0 Å². The summed E-state index contributed by atoms with van der Waals surface area (Å²) in [5.41, 5.74) is 1.32. The van der Waals surface area contributed by atoms with E-state index in [0.717, 1.165) is 43.9 Å². The zero-order chi connectivity index (χ0) is 15.1. The topological polar surface area (TPSA) is 46.1 Å². The van der Waals surface area contributed by atoms with Gasteiger partial charge in [-0.1, -0.05) is 23.7 Å². The summed E-state index contributed by atoms with van der Waals surface area (Å²) in [6.45, 7) is 4.98. The Morgan fingerprint density at radius 2 is 2.00 bits per heavy atom. The van der Waals surface area contributed by atoms with Gasteiger partial charge in [0.05, 0.1) is 19.2 Å². The largest absolute Gasteiger partial charge is 0.450 e. The molecule has 21 heavy (non-hydrogen) atoms. The van der Waals surface area contributed by atoms with E-state index in [2.05, 4.69) is 17.4 Å². The summed E-state index contributed by atoms with van der Waals surface area (Å²) < 4.78 is 5.03. The monoisotopic (exact) mass is 311 g/mol. The van der Waals surface area contributed by atoms with Gasteiger partial charge in [-0.3, -0.25) is 0 Å². The molecule has 1 fully saturated rings. The second kappa shape index (κ2) is 8.25. The molecule has 1 aliphatic heterocycles. The van der Waals surface area contributed by atoms with E-state index in [-0.39, 0.29) is 6.09 Å². The first-order valence-corrected chi connectivity index (χ1v) is 8.06. The maximum absolute atomic E-state index is 11.6. The number of nitrogens with two attached hydrogens (primary N) is 1. The molecule has 0 atom stereocenters. The van der Waals surface area contributed by atoms with Crippen LogP contribution < -0.4 is 5.32 Å². The Morgan fingerprint density at radius 3 is 2.62 bits per heavy atom. The van der Waals surface area contributed by atoms with Crippen molar-refractivity contribution in [2.75, 3.05) is 26.2 Å². The predicted octanol–water partition coefficient (Wildman–Crippen LogP) is 2.07. The molecule has 0 radical (unpaired) electrons. The molecule has 4 nitrogen and oxygen atoms in total. The molecule has 1 heterocycles. The van der Waals surface area contributed by atoms with E-state index >= 15 is 0 Å². The summed E-state index contributed by atoms with van der Waals surface area (Å²) in [6, 6.07) is 8.66. The number of benzene rings is 1. The highest BCUT2D eigenvalue weighted by Gasteiger charge is 2.25. The molecule has 1 saturated heterocycles. The zero-order valence-electron chi connectivity index (χ0n) is 12.6. The van der Waals surface area contributed by atoms with Gasteiger partial charge in [-0.25, -0.2) is 4.79 Å². The highest BCUT2D eigenvalue weighted by molar-refractivity contribution is 6.30. The number of quaternary nitrogens is 1. The first-order valence-electron chi connectivity index (χ1n) is 7.68. The Labute approximate surface area is 131 Å². The Hall–Kier alpha value is -1.26. The number of rotatable bonds is 5. The summed E-state index contributed by atoms with van der Waals surface area (Å²) in [5, 5.41) is 3.19. The minimum absolute atomic E-state index is 0.169. The number of nitrogens with zero attached hydrogens (tertiary/aromatic N) is 1. The third-order valence-electron chi connectivity index (χ3n) is 3.91. The fourth-order valence-corrected chi connectivity index (χ4v) is 2.80. The van der Waals surface area contributed by atoms with Gasteiger partial charge in [0.25, 0.3) is 0 Å². The molecule has 2 N–H and O–H groups in total. The standard InChI is InChI=1S/C16H23ClN2O2/c1-2-21-16(20)19-11-8-15(9-12-19)18-10-7-13-3-5-14(17)6-4-13/h3-6,15,18H,2,7-12H2,1H3/p+1. The van der Waals surface area contributed by atoms with Gasteiger partial charge in [0.1, 0.15) is 0 Å². The van der Waals surface area contributed by atoms with Crippen LogP contribution >= 0.6 is 11.6 Å². The summed E-state index contributed by atoms with van der Waals surface area (Å²) in [5.74, 6) is 0. The van der Waals surface area contributed by atoms with E-state index in [4.69, 9.17) is 16.3 Å². The molecule has 0 aromatic heterocycles. The van der Waals surface area contributed by atoms with Crippen LogP contribution in [0.25, 0.3) is 0 Å².